The van der Waals surface area contributed by atoms with Gasteiger partial charge in [0.2, 0.25) is 5.91 Å². The number of nitrogens with zero attached hydrogens (tertiary/aromatic N) is 2. The minimum atomic E-state index is -1.47. The zero-order chi connectivity index (χ0) is 34.9. The maximum atomic E-state index is 13.8. The number of hydrogen-bond donors (Lipinski definition) is 4. The quantitative estimate of drug-likeness (QED) is 0.154. The lowest BCUT2D eigenvalue weighted by molar-refractivity contribution is -0.139. The number of amides is 3. The molecule has 0 aliphatic heterocycles. The minimum Gasteiger partial charge on any atom is -0.479 e. The average molecular weight is 656 g/mol. The van der Waals surface area contributed by atoms with Gasteiger partial charge in [-0.2, -0.15) is 0 Å². The van der Waals surface area contributed by atoms with Crippen LogP contribution in [-0.2, 0) is 30.5 Å². The van der Waals surface area contributed by atoms with E-state index in [1.807, 2.05) is 36.4 Å². The second-order valence-electron chi connectivity index (χ2n) is 12.6. The fraction of sp³-hybridized carbons (Fsp3) is 0.306. The van der Waals surface area contributed by atoms with E-state index in [9.17, 15) is 24.3 Å². The van der Waals surface area contributed by atoms with E-state index >= 15 is 0 Å². The highest BCUT2D eigenvalue weighted by atomic mass is 16.6. The average Bonchev–Trinajstić information content (AvgIpc) is 3.43. The molecular formula is C36H41N5O7. The van der Waals surface area contributed by atoms with Crippen LogP contribution in [0.25, 0.3) is 11.4 Å². The number of rotatable bonds is 13. The number of ether oxygens (including phenoxy) is 2. The van der Waals surface area contributed by atoms with Crippen molar-refractivity contribution in [2.45, 2.75) is 64.4 Å². The van der Waals surface area contributed by atoms with Gasteiger partial charge in [-0.3, -0.25) is 9.59 Å². The molecule has 0 saturated heterocycles. The number of anilines is 1. The molecule has 4 aromatic rings. The smallest absolute Gasteiger partial charge is 0.408 e. The van der Waals surface area contributed by atoms with E-state index in [1.165, 1.54) is 24.6 Å². The Morgan fingerprint density at radius 3 is 2.02 bits per heavy atom. The van der Waals surface area contributed by atoms with E-state index < -0.39 is 47.1 Å². The van der Waals surface area contributed by atoms with Crippen LogP contribution >= 0.6 is 0 Å². The summed E-state index contributed by atoms with van der Waals surface area (Å²) in [4.78, 5) is 56.8. The van der Waals surface area contributed by atoms with Gasteiger partial charge >= 0.3 is 12.1 Å². The lowest BCUT2D eigenvalue weighted by Gasteiger charge is -2.29. The van der Waals surface area contributed by atoms with Gasteiger partial charge in [-0.05, 0) is 45.7 Å². The first-order chi connectivity index (χ1) is 22.7. The predicted octanol–water partition coefficient (Wildman–Crippen LogP) is 5.17. The molecule has 252 valence electrons. The number of benzene rings is 3. The molecule has 0 spiro atoms. The molecule has 48 heavy (non-hydrogen) atoms. The molecule has 12 heteroatoms. The molecule has 0 saturated carbocycles. The number of alkyl carbamates (subject to hydrolysis) is 1. The first kappa shape index (κ1) is 35.4. The summed E-state index contributed by atoms with van der Waals surface area (Å²) in [5, 5.41) is 18.2. The second kappa shape index (κ2) is 15.4. The Balaban J connectivity index is 1.61. The van der Waals surface area contributed by atoms with E-state index in [4.69, 9.17) is 9.47 Å². The van der Waals surface area contributed by atoms with E-state index in [-0.39, 0.29) is 19.0 Å². The Kier molecular flexibility index (Phi) is 11.3. The standard InChI is InChI=1S/C36H41N5O7/c1-35(2,3)48-34(46)40-36(4,5)33(45)37-27(23-47-22-24-15-9-6-10-16-24)31(42)39-28-21-41(30(38-28)26-19-13-8-14-20-26)29(32(43)44)25-17-11-7-12-18-25/h6-21,27,29H,22-23H2,1-5H3,(H,37,45)(H,39,42)(H,40,46)(H,43,44). The number of imidazole rings is 1. The third-order valence-electron chi connectivity index (χ3n) is 7.04. The van der Waals surface area contributed by atoms with Crippen LogP contribution in [0.3, 0.4) is 0 Å². The van der Waals surface area contributed by atoms with Crippen molar-refractivity contribution >= 4 is 29.7 Å². The number of carbonyl (C=O) groups is 4. The Labute approximate surface area is 279 Å². The third kappa shape index (κ3) is 9.76. The number of aliphatic carboxylic acids is 1. The maximum Gasteiger partial charge on any atom is 0.408 e. The van der Waals surface area contributed by atoms with Gasteiger partial charge in [-0.1, -0.05) is 91.0 Å². The maximum absolute atomic E-state index is 13.8. The Morgan fingerprint density at radius 2 is 1.44 bits per heavy atom. The summed E-state index contributed by atoms with van der Waals surface area (Å²) in [6.07, 6.45) is 0.651. The van der Waals surface area contributed by atoms with Gasteiger partial charge in [-0.25, -0.2) is 14.6 Å². The molecule has 3 aromatic carbocycles. The number of hydrogen-bond acceptors (Lipinski definition) is 7. The molecule has 0 aliphatic rings. The number of carboxylic acids is 1. The zero-order valence-corrected chi connectivity index (χ0v) is 27.6. The first-order valence-electron chi connectivity index (χ1n) is 15.4. The lowest BCUT2D eigenvalue weighted by atomic mass is 10.0. The summed E-state index contributed by atoms with van der Waals surface area (Å²) in [5.74, 6) is -2.07. The van der Waals surface area contributed by atoms with Crippen molar-refractivity contribution in [1.29, 1.82) is 0 Å². The summed E-state index contributed by atoms with van der Waals surface area (Å²) in [6, 6.07) is 24.6. The van der Waals surface area contributed by atoms with Gasteiger partial charge in [0, 0.05) is 11.8 Å². The van der Waals surface area contributed by atoms with Crippen molar-refractivity contribution in [3.63, 3.8) is 0 Å². The van der Waals surface area contributed by atoms with E-state index in [2.05, 4.69) is 20.9 Å². The van der Waals surface area contributed by atoms with Gasteiger partial charge in [0.15, 0.2) is 11.9 Å². The molecule has 1 heterocycles. The molecule has 0 radical (unpaired) electrons. The van der Waals surface area contributed by atoms with E-state index in [1.54, 1.807) is 75.4 Å². The van der Waals surface area contributed by atoms with Crippen LogP contribution in [-0.4, -0.2) is 62.3 Å². The Bertz CT molecular complexity index is 1700. The van der Waals surface area contributed by atoms with Gasteiger partial charge < -0.3 is 35.1 Å². The topological polar surface area (TPSA) is 161 Å². The van der Waals surface area contributed by atoms with E-state index in [0.29, 0.717) is 17.0 Å². The largest absolute Gasteiger partial charge is 0.479 e. The van der Waals surface area contributed by atoms with Crippen molar-refractivity contribution in [1.82, 2.24) is 20.2 Å². The van der Waals surface area contributed by atoms with Crippen molar-refractivity contribution in [2.75, 3.05) is 11.9 Å². The van der Waals surface area contributed by atoms with Gasteiger partial charge in [0.05, 0.1) is 13.2 Å². The van der Waals surface area contributed by atoms with Gasteiger partial charge in [0.25, 0.3) is 5.91 Å². The summed E-state index contributed by atoms with van der Waals surface area (Å²) >= 11 is 0. The highest BCUT2D eigenvalue weighted by molar-refractivity contribution is 5.99. The fourth-order valence-electron chi connectivity index (χ4n) is 4.73. The highest BCUT2D eigenvalue weighted by Gasteiger charge is 2.35. The number of carboxylic acid groups (broad SMARTS) is 1. The molecule has 2 atom stereocenters. The molecule has 4 rings (SSSR count). The van der Waals surface area contributed by atoms with Crippen LogP contribution < -0.4 is 16.0 Å². The van der Waals surface area contributed by atoms with E-state index in [0.717, 1.165) is 5.56 Å². The molecule has 2 unspecified atom stereocenters. The van der Waals surface area contributed by atoms with Crippen molar-refractivity contribution in [2.24, 2.45) is 0 Å². The summed E-state index contributed by atoms with van der Waals surface area (Å²) in [7, 11) is 0. The molecule has 0 bridgehead atoms. The van der Waals surface area contributed by atoms with Crippen LogP contribution in [0.4, 0.5) is 10.6 Å². The normalized spacial score (nSPS) is 12.8. The SMILES string of the molecule is CC(C)(C)OC(=O)NC(C)(C)C(=O)NC(COCc1ccccc1)C(=O)Nc1cn(C(C(=O)O)c2ccccc2)c(-c2ccccc2)n1. The van der Waals surface area contributed by atoms with Crippen LogP contribution in [0, 0.1) is 0 Å². The summed E-state index contributed by atoms with van der Waals surface area (Å²) in [6.45, 7) is 8.02. The molecule has 12 nitrogen and oxygen atoms in total. The number of carbonyl (C=O) groups excluding carboxylic acids is 3. The molecule has 0 fully saturated rings. The van der Waals surface area contributed by atoms with Crippen molar-refractivity contribution in [3.05, 3.63) is 108 Å². The minimum absolute atomic E-state index is 0.0643. The van der Waals surface area contributed by atoms with Crippen LogP contribution in [0.2, 0.25) is 0 Å². The van der Waals surface area contributed by atoms with Gasteiger partial charge in [0.1, 0.15) is 23.0 Å². The van der Waals surface area contributed by atoms with Crippen LogP contribution in [0.15, 0.2) is 97.2 Å². The zero-order valence-electron chi connectivity index (χ0n) is 27.6. The molecular weight excluding hydrogens is 614 g/mol. The molecule has 1 aromatic heterocycles. The molecule has 4 N–H and O–H groups in total. The Hall–Kier alpha value is -5.49. The van der Waals surface area contributed by atoms with Crippen LogP contribution in [0.5, 0.6) is 0 Å². The van der Waals surface area contributed by atoms with Crippen molar-refractivity contribution in [3.8, 4) is 11.4 Å². The Morgan fingerprint density at radius 1 is 0.854 bits per heavy atom. The second-order valence-corrected chi connectivity index (χ2v) is 12.6. The molecule has 0 aliphatic carbocycles. The van der Waals surface area contributed by atoms with Gasteiger partial charge in [-0.15, -0.1) is 0 Å². The summed E-state index contributed by atoms with van der Waals surface area (Å²) < 4.78 is 12.6. The summed E-state index contributed by atoms with van der Waals surface area (Å²) in [5.41, 5.74) is -0.246. The third-order valence-corrected chi connectivity index (χ3v) is 7.04. The number of aromatic nitrogens is 2. The monoisotopic (exact) mass is 655 g/mol. The van der Waals surface area contributed by atoms with Crippen molar-refractivity contribution < 1.29 is 33.8 Å². The lowest BCUT2D eigenvalue weighted by Crippen LogP contribution is -2.59. The molecule has 3 amide bonds. The number of nitrogens with one attached hydrogen (secondary N) is 3. The fourth-order valence-corrected chi connectivity index (χ4v) is 4.73. The van der Waals surface area contributed by atoms with Crippen LogP contribution in [0.1, 0.15) is 51.8 Å². The first-order valence-corrected chi connectivity index (χ1v) is 15.4. The highest BCUT2D eigenvalue weighted by Crippen LogP contribution is 2.29. The predicted molar refractivity (Wildman–Crippen MR) is 180 cm³/mol.